The summed E-state index contributed by atoms with van der Waals surface area (Å²) in [6.07, 6.45) is 3.17. The van der Waals surface area contributed by atoms with Gasteiger partial charge in [-0.05, 0) is 36.1 Å². The van der Waals surface area contributed by atoms with Crippen LogP contribution in [0.15, 0.2) is 35.0 Å². The highest BCUT2D eigenvalue weighted by atomic mass is 16.5. The van der Waals surface area contributed by atoms with Gasteiger partial charge in [-0.2, -0.15) is 10.1 Å². The van der Waals surface area contributed by atoms with Gasteiger partial charge in [0.25, 0.3) is 5.91 Å². The molecule has 1 atom stereocenters. The summed E-state index contributed by atoms with van der Waals surface area (Å²) in [4.78, 5) is 16.4. The third kappa shape index (κ3) is 2.47. The summed E-state index contributed by atoms with van der Waals surface area (Å²) in [6.45, 7) is -2.43. The first-order valence-corrected chi connectivity index (χ1v) is 7.59. The van der Waals surface area contributed by atoms with Crippen molar-refractivity contribution in [2.75, 3.05) is 0 Å². The SMILES string of the molecule is [2H]C([2H])([2H])c1nc(-c2ccc3c(c2)CC[C@H]3NC(=O)c2ccnn2C)no1. The van der Waals surface area contributed by atoms with Gasteiger partial charge in [-0.1, -0.05) is 17.3 Å². The molecule has 7 nitrogen and oxygen atoms in total. The second kappa shape index (κ2) is 5.59. The van der Waals surface area contributed by atoms with E-state index < -0.39 is 6.85 Å². The molecule has 0 radical (unpaired) electrons. The molecular weight excluding hydrogens is 306 g/mol. The number of benzene rings is 1. The van der Waals surface area contributed by atoms with E-state index in [1.807, 2.05) is 18.2 Å². The summed E-state index contributed by atoms with van der Waals surface area (Å²) >= 11 is 0. The molecule has 122 valence electrons. The van der Waals surface area contributed by atoms with Crippen molar-refractivity contribution in [3.05, 3.63) is 53.2 Å². The Kier molecular flexibility index (Phi) is 2.69. The average molecular weight is 326 g/mol. The summed E-state index contributed by atoms with van der Waals surface area (Å²) in [7, 11) is 1.72. The Balaban J connectivity index is 1.55. The fourth-order valence-corrected chi connectivity index (χ4v) is 3.08. The number of amides is 1. The van der Waals surface area contributed by atoms with E-state index in [1.54, 1.807) is 19.3 Å². The van der Waals surface area contributed by atoms with E-state index in [-0.39, 0.29) is 23.7 Å². The van der Waals surface area contributed by atoms with Crippen LogP contribution in [0.2, 0.25) is 0 Å². The van der Waals surface area contributed by atoms with Gasteiger partial charge in [-0.3, -0.25) is 9.48 Å². The van der Waals surface area contributed by atoms with Gasteiger partial charge in [-0.25, -0.2) is 0 Å². The molecule has 0 aliphatic heterocycles. The van der Waals surface area contributed by atoms with E-state index in [4.69, 9.17) is 8.64 Å². The van der Waals surface area contributed by atoms with Gasteiger partial charge in [-0.15, -0.1) is 0 Å². The maximum Gasteiger partial charge on any atom is 0.270 e. The third-order valence-electron chi connectivity index (χ3n) is 4.26. The first-order valence-electron chi connectivity index (χ1n) is 9.09. The van der Waals surface area contributed by atoms with E-state index in [2.05, 4.69) is 20.6 Å². The van der Waals surface area contributed by atoms with Crippen LogP contribution in [0, 0.1) is 6.85 Å². The normalized spacial score (nSPS) is 18.5. The second-order valence-corrected chi connectivity index (χ2v) is 5.74. The lowest BCUT2D eigenvalue weighted by Gasteiger charge is -2.14. The topological polar surface area (TPSA) is 85.8 Å². The largest absolute Gasteiger partial charge is 0.344 e. The Hall–Kier alpha value is -2.96. The van der Waals surface area contributed by atoms with Crippen molar-refractivity contribution < 1.29 is 13.4 Å². The lowest BCUT2D eigenvalue weighted by molar-refractivity contribution is 0.0927. The number of fused-ring (bicyclic) bond motifs is 1. The zero-order chi connectivity index (χ0) is 19.2. The minimum atomic E-state index is -2.43. The fraction of sp³-hybridized carbons (Fsp3) is 0.294. The van der Waals surface area contributed by atoms with Gasteiger partial charge in [0, 0.05) is 29.8 Å². The standard InChI is InChI=1S/C17H17N5O2/c1-10-19-16(21-24-10)12-3-5-13-11(9-12)4-6-14(13)20-17(23)15-7-8-18-22(15)2/h3,5,7-9,14H,4,6H2,1-2H3,(H,20,23)/t14-/m1/s1/i1D3. The van der Waals surface area contributed by atoms with Gasteiger partial charge in [0.1, 0.15) is 5.69 Å². The van der Waals surface area contributed by atoms with Crippen LogP contribution in [0.5, 0.6) is 0 Å². The van der Waals surface area contributed by atoms with Gasteiger partial charge >= 0.3 is 0 Å². The number of hydrogen-bond acceptors (Lipinski definition) is 5. The molecule has 3 aromatic rings. The molecule has 1 aliphatic rings. The Labute approximate surface area is 142 Å². The molecule has 0 fully saturated rings. The summed E-state index contributed by atoms with van der Waals surface area (Å²) in [6, 6.07) is 7.23. The smallest absolute Gasteiger partial charge is 0.270 e. The van der Waals surface area contributed by atoms with Crippen molar-refractivity contribution >= 4 is 5.91 Å². The molecule has 0 unspecified atom stereocenters. The number of nitrogens with one attached hydrogen (secondary N) is 1. The van der Waals surface area contributed by atoms with E-state index in [0.717, 1.165) is 24.0 Å². The highest BCUT2D eigenvalue weighted by molar-refractivity contribution is 5.92. The number of aromatic nitrogens is 4. The molecular formula is C17H17N5O2. The van der Waals surface area contributed by atoms with Crippen LogP contribution in [0.3, 0.4) is 0 Å². The number of hydrogen-bond donors (Lipinski definition) is 1. The first kappa shape index (κ1) is 11.6. The van der Waals surface area contributed by atoms with Crippen molar-refractivity contribution in [1.29, 1.82) is 0 Å². The Morgan fingerprint density at radius 1 is 1.46 bits per heavy atom. The van der Waals surface area contributed by atoms with E-state index in [0.29, 0.717) is 11.3 Å². The van der Waals surface area contributed by atoms with Gasteiger partial charge < -0.3 is 9.84 Å². The number of carbonyl (C=O) groups is 1. The van der Waals surface area contributed by atoms with Gasteiger partial charge in [0.15, 0.2) is 0 Å². The molecule has 0 saturated carbocycles. The molecule has 0 saturated heterocycles. The zero-order valence-electron chi connectivity index (χ0n) is 16.0. The molecule has 1 aliphatic carbocycles. The maximum absolute atomic E-state index is 12.4. The average Bonchev–Trinajstić information content (AvgIpc) is 3.33. The summed E-state index contributed by atoms with van der Waals surface area (Å²) in [5, 5.41) is 10.8. The predicted molar refractivity (Wildman–Crippen MR) is 86.2 cm³/mol. The molecule has 1 aromatic carbocycles. The van der Waals surface area contributed by atoms with Gasteiger partial charge in [0.05, 0.1) is 6.04 Å². The number of rotatable bonds is 3. The molecule has 24 heavy (non-hydrogen) atoms. The fourth-order valence-electron chi connectivity index (χ4n) is 3.08. The number of aryl methyl sites for hydroxylation is 3. The monoisotopic (exact) mass is 326 g/mol. The van der Waals surface area contributed by atoms with E-state index >= 15 is 0 Å². The zero-order valence-corrected chi connectivity index (χ0v) is 13.0. The Morgan fingerprint density at radius 3 is 3.12 bits per heavy atom. The highest BCUT2D eigenvalue weighted by Gasteiger charge is 2.25. The number of carbonyl (C=O) groups excluding carboxylic acids is 1. The summed E-state index contributed by atoms with van der Waals surface area (Å²) < 4.78 is 28.4. The lowest BCUT2D eigenvalue weighted by Crippen LogP contribution is -2.28. The molecule has 0 bridgehead atoms. The Morgan fingerprint density at radius 2 is 2.38 bits per heavy atom. The molecule has 0 spiro atoms. The van der Waals surface area contributed by atoms with E-state index in [9.17, 15) is 4.79 Å². The first-order chi connectivity index (χ1) is 12.8. The van der Waals surface area contributed by atoms with Crippen molar-refractivity contribution in [3.63, 3.8) is 0 Å². The van der Waals surface area contributed by atoms with Crippen molar-refractivity contribution in [2.24, 2.45) is 7.05 Å². The molecule has 1 N–H and O–H groups in total. The molecule has 7 heteroatoms. The second-order valence-electron chi connectivity index (χ2n) is 5.74. The predicted octanol–water partition coefficient (Wildman–Crippen LogP) is 2.20. The minimum absolute atomic E-state index is 0.0837. The minimum Gasteiger partial charge on any atom is -0.344 e. The lowest BCUT2D eigenvalue weighted by atomic mass is 10.0. The molecule has 2 aromatic heterocycles. The maximum atomic E-state index is 12.4. The van der Waals surface area contributed by atoms with Crippen molar-refractivity contribution in [2.45, 2.75) is 25.7 Å². The third-order valence-corrected chi connectivity index (χ3v) is 4.26. The molecule has 1 amide bonds. The van der Waals surface area contributed by atoms with Crippen LogP contribution in [-0.4, -0.2) is 25.8 Å². The van der Waals surface area contributed by atoms with Crippen molar-refractivity contribution in [3.8, 4) is 11.4 Å². The molecule has 2 heterocycles. The number of nitrogens with zero attached hydrogens (tertiary/aromatic N) is 4. The van der Waals surface area contributed by atoms with Crippen LogP contribution in [0.4, 0.5) is 0 Å². The van der Waals surface area contributed by atoms with Crippen molar-refractivity contribution in [1.82, 2.24) is 25.2 Å². The Bertz CT molecular complexity index is 1010. The van der Waals surface area contributed by atoms with Crippen LogP contribution in [0.1, 0.15) is 44.1 Å². The summed E-state index contributed by atoms with van der Waals surface area (Å²) in [5.41, 5.74) is 3.30. The van der Waals surface area contributed by atoms with Crippen LogP contribution < -0.4 is 5.32 Å². The van der Waals surface area contributed by atoms with Crippen LogP contribution in [-0.2, 0) is 13.5 Å². The molecule has 4 rings (SSSR count). The van der Waals surface area contributed by atoms with E-state index in [1.165, 1.54) is 4.68 Å². The van der Waals surface area contributed by atoms with Gasteiger partial charge in [0.2, 0.25) is 11.7 Å². The van der Waals surface area contributed by atoms with Crippen LogP contribution >= 0.6 is 0 Å². The summed E-state index contributed by atoms with van der Waals surface area (Å²) in [5.74, 6) is -0.303. The highest BCUT2D eigenvalue weighted by Crippen LogP contribution is 2.33. The quantitative estimate of drug-likeness (QED) is 0.797. The van der Waals surface area contributed by atoms with Crippen LogP contribution in [0.25, 0.3) is 11.4 Å².